The smallest absolute Gasteiger partial charge is 0.130 e. The molecule has 138 valence electrons. The number of imidazole rings is 2. The highest BCUT2D eigenvalue weighted by Gasteiger charge is 2.21. The molecule has 1 N–H and O–H groups in total. The topological polar surface area (TPSA) is 64.3 Å². The van der Waals surface area contributed by atoms with Crippen LogP contribution in [0.15, 0.2) is 67.1 Å². The minimum Gasteiger partial charge on any atom is -0.340 e. The van der Waals surface area contributed by atoms with Crippen molar-refractivity contribution in [3.63, 3.8) is 0 Å². The van der Waals surface area contributed by atoms with Crippen molar-refractivity contribution in [2.24, 2.45) is 7.05 Å². The SMILES string of the molecule is Cn1cc(Cl)c(-c2c(-c3ccccc3)ncn2Cc2nc3ccccc3[nH]2)n1. The third-order valence-electron chi connectivity index (χ3n) is 4.65. The lowest BCUT2D eigenvalue weighted by atomic mass is 10.1. The lowest BCUT2D eigenvalue weighted by Gasteiger charge is -2.08. The molecule has 2 aromatic carbocycles. The molecular weight excluding hydrogens is 372 g/mol. The van der Waals surface area contributed by atoms with Crippen molar-refractivity contribution in [3.8, 4) is 22.6 Å². The molecule has 28 heavy (non-hydrogen) atoms. The first-order valence-corrected chi connectivity index (χ1v) is 9.30. The fourth-order valence-electron chi connectivity index (χ4n) is 3.42. The number of rotatable bonds is 4. The van der Waals surface area contributed by atoms with Gasteiger partial charge in [0.05, 0.1) is 40.3 Å². The average molecular weight is 389 g/mol. The number of aryl methyl sites for hydroxylation is 1. The Morgan fingerprint density at radius 1 is 1.00 bits per heavy atom. The number of hydrogen-bond donors (Lipinski definition) is 1. The molecule has 0 aliphatic heterocycles. The van der Waals surface area contributed by atoms with E-state index in [0.717, 1.165) is 33.8 Å². The third kappa shape index (κ3) is 2.88. The molecule has 7 heteroatoms. The summed E-state index contributed by atoms with van der Waals surface area (Å²) in [4.78, 5) is 12.7. The van der Waals surface area contributed by atoms with Gasteiger partial charge in [0.15, 0.2) is 0 Å². The minimum absolute atomic E-state index is 0.538. The van der Waals surface area contributed by atoms with Crippen LogP contribution in [0.3, 0.4) is 0 Å². The maximum absolute atomic E-state index is 6.49. The van der Waals surface area contributed by atoms with Crippen molar-refractivity contribution in [2.45, 2.75) is 6.54 Å². The predicted octanol–water partition coefficient (Wildman–Crippen LogP) is 4.53. The van der Waals surface area contributed by atoms with Gasteiger partial charge in [-0.1, -0.05) is 54.1 Å². The molecule has 6 nitrogen and oxygen atoms in total. The molecule has 0 radical (unpaired) electrons. The van der Waals surface area contributed by atoms with E-state index in [1.807, 2.05) is 72.5 Å². The number of nitrogens with zero attached hydrogens (tertiary/aromatic N) is 5. The third-order valence-corrected chi connectivity index (χ3v) is 4.93. The Morgan fingerprint density at radius 2 is 1.79 bits per heavy atom. The van der Waals surface area contributed by atoms with Crippen molar-refractivity contribution in [3.05, 3.63) is 78.0 Å². The molecule has 5 aromatic rings. The van der Waals surface area contributed by atoms with Gasteiger partial charge in [-0.3, -0.25) is 4.68 Å². The van der Waals surface area contributed by atoms with Gasteiger partial charge in [-0.15, -0.1) is 0 Å². The Morgan fingerprint density at radius 3 is 2.54 bits per heavy atom. The first-order valence-electron chi connectivity index (χ1n) is 8.93. The summed E-state index contributed by atoms with van der Waals surface area (Å²) in [5.41, 5.74) is 5.39. The van der Waals surface area contributed by atoms with E-state index in [-0.39, 0.29) is 0 Å². The van der Waals surface area contributed by atoms with Crippen molar-refractivity contribution >= 4 is 22.6 Å². The summed E-state index contributed by atoms with van der Waals surface area (Å²) in [6.07, 6.45) is 3.61. The van der Waals surface area contributed by atoms with Gasteiger partial charge in [-0.25, -0.2) is 9.97 Å². The summed E-state index contributed by atoms with van der Waals surface area (Å²) in [5, 5.41) is 5.17. The Bertz CT molecular complexity index is 1230. The van der Waals surface area contributed by atoms with E-state index in [0.29, 0.717) is 17.3 Å². The molecule has 0 aliphatic carbocycles. The van der Waals surface area contributed by atoms with Crippen LogP contribution >= 0.6 is 11.6 Å². The Hall–Kier alpha value is -3.38. The van der Waals surface area contributed by atoms with Gasteiger partial charge >= 0.3 is 0 Å². The van der Waals surface area contributed by atoms with Crippen LogP contribution in [0.25, 0.3) is 33.7 Å². The zero-order valence-electron chi connectivity index (χ0n) is 15.2. The van der Waals surface area contributed by atoms with E-state index >= 15 is 0 Å². The Labute approximate surface area is 166 Å². The van der Waals surface area contributed by atoms with Crippen molar-refractivity contribution < 1.29 is 0 Å². The first kappa shape index (κ1) is 16.8. The second-order valence-electron chi connectivity index (χ2n) is 6.64. The van der Waals surface area contributed by atoms with E-state index in [1.165, 1.54) is 0 Å². The van der Waals surface area contributed by atoms with Crippen LogP contribution in [-0.4, -0.2) is 29.3 Å². The highest BCUT2D eigenvalue weighted by molar-refractivity contribution is 6.33. The number of para-hydroxylation sites is 2. The fraction of sp³-hybridized carbons (Fsp3) is 0.0952. The molecule has 0 saturated heterocycles. The van der Waals surface area contributed by atoms with Crippen LogP contribution in [0.2, 0.25) is 5.02 Å². The fourth-order valence-corrected chi connectivity index (χ4v) is 3.69. The van der Waals surface area contributed by atoms with E-state index in [1.54, 1.807) is 10.9 Å². The number of aromatic amines is 1. The van der Waals surface area contributed by atoms with E-state index < -0.39 is 0 Å². The molecule has 3 aromatic heterocycles. The van der Waals surface area contributed by atoms with Crippen molar-refractivity contribution in [2.75, 3.05) is 0 Å². The number of aromatic nitrogens is 6. The highest BCUT2D eigenvalue weighted by Crippen LogP contribution is 2.34. The number of H-pyrrole nitrogens is 1. The Balaban J connectivity index is 1.65. The standard InChI is InChI=1S/C21H17ClN6/c1-27-11-15(22)20(26-27)21-19(14-7-3-2-4-8-14)23-13-28(21)12-18-24-16-9-5-6-10-17(16)25-18/h2-11,13H,12H2,1H3,(H,24,25). The van der Waals surface area contributed by atoms with E-state index in [4.69, 9.17) is 11.6 Å². The second kappa shape index (κ2) is 6.65. The predicted molar refractivity (Wildman–Crippen MR) is 110 cm³/mol. The average Bonchev–Trinajstić information content (AvgIpc) is 3.38. The van der Waals surface area contributed by atoms with Gasteiger partial charge in [0.25, 0.3) is 0 Å². The number of nitrogens with one attached hydrogen (secondary N) is 1. The maximum atomic E-state index is 6.49. The minimum atomic E-state index is 0.538. The molecule has 0 fully saturated rings. The zero-order valence-corrected chi connectivity index (χ0v) is 15.9. The van der Waals surface area contributed by atoms with Crippen molar-refractivity contribution in [1.82, 2.24) is 29.3 Å². The molecule has 0 atom stereocenters. The molecule has 0 amide bonds. The highest BCUT2D eigenvalue weighted by atomic mass is 35.5. The van der Waals surface area contributed by atoms with Gasteiger partial charge in [0.2, 0.25) is 0 Å². The summed E-state index contributed by atoms with van der Waals surface area (Å²) in [5.74, 6) is 0.853. The maximum Gasteiger partial charge on any atom is 0.130 e. The molecule has 0 aliphatic rings. The molecule has 0 unspecified atom stereocenters. The van der Waals surface area contributed by atoms with Gasteiger partial charge in [-0.05, 0) is 12.1 Å². The van der Waals surface area contributed by atoms with E-state index in [2.05, 4.69) is 20.1 Å². The van der Waals surface area contributed by atoms with Crippen LogP contribution < -0.4 is 0 Å². The number of fused-ring (bicyclic) bond motifs is 1. The quantitative estimate of drug-likeness (QED) is 0.492. The summed E-state index contributed by atoms with van der Waals surface area (Å²) < 4.78 is 3.75. The van der Waals surface area contributed by atoms with Crippen LogP contribution in [0, 0.1) is 0 Å². The number of benzene rings is 2. The molecule has 0 spiro atoms. The van der Waals surface area contributed by atoms with Crippen LogP contribution in [0.4, 0.5) is 0 Å². The molecular formula is C21H17ClN6. The lowest BCUT2D eigenvalue weighted by molar-refractivity contribution is 0.746. The summed E-state index contributed by atoms with van der Waals surface area (Å²) >= 11 is 6.49. The summed E-state index contributed by atoms with van der Waals surface area (Å²) in [7, 11) is 1.86. The molecule has 0 saturated carbocycles. The first-order chi connectivity index (χ1) is 13.7. The molecule has 5 rings (SSSR count). The molecule has 3 heterocycles. The number of halogens is 1. The molecule has 0 bridgehead atoms. The van der Waals surface area contributed by atoms with Crippen LogP contribution in [0.5, 0.6) is 0 Å². The van der Waals surface area contributed by atoms with Gasteiger partial charge in [0, 0.05) is 18.8 Å². The number of hydrogen-bond acceptors (Lipinski definition) is 3. The Kier molecular flexibility index (Phi) is 3.98. The van der Waals surface area contributed by atoms with Gasteiger partial charge in [-0.2, -0.15) is 5.10 Å². The van der Waals surface area contributed by atoms with Gasteiger partial charge < -0.3 is 9.55 Å². The summed E-state index contributed by atoms with van der Waals surface area (Å²) in [6, 6.07) is 18.0. The van der Waals surface area contributed by atoms with Gasteiger partial charge in [0.1, 0.15) is 11.5 Å². The second-order valence-corrected chi connectivity index (χ2v) is 7.04. The normalized spacial score (nSPS) is 11.4. The van der Waals surface area contributed by atoms with Crippen molar-refractivity contribution in [1.29, 1.82) is 0 Å². The zero-order chi connectivity index (χ0) is 19.1. The van der Waals surface area contributed by atoms with E-state index in [9.17, 15) is 0 Å². The lowest BCUT2D eigenvalue weighted by Crippen LogP contribution is -2.03. The van der Waals surface area contributed by atoms with Crippen LogP contribution in [0.1, 0.15) is 5.82 Å². The van der Waals surface area contributed by atoms with Crippen LogP contribution in [-0.2, 0) is 13.6 Å². The monoisotopic (exact) mass is 388 g/mol. The summed E-state index contributed by atoms with van der Waals surface area (Å²) in [6.45, 7) is 0.538. The largest absolute Gasteiger partial charge is 0.340 e.